The predicted molar refractivity (Wildman–Crippen MR) is 122 cm³/mol. The van der Waals surface area contributed by atoms with E-state index in [2.05, 4.69) is 22.7 Å². The SMILES string of the molecule is CCc1ccc(NC(=O)c2cc3n(n2)C[C@@](C)(C(=O)NC2CCCCC2)N(C)C3=O)cc1. The van der Waals surface area contributed by atoms with Crippen LogP contribution in [0.1, 0.15) is 72.5 Å². The van der Waals surface area contributed by atoms with Crippen LogP contribution in [0.2, 0.25) is 0 Å². The van der Waals surface area contributed by atoms with Crippen molar-refractivity contribution in [2.75, 3.05) is 12.4 Å². The highest BCUT2D eigenvalue weighted by molar-refractivity contribution is 6.05. The zero-order valence-electron chi connectivity index (χ0n) is 19.0. The summed E-state index contributed by atoms with van der Waals surface area (Å²) in [7, 11) is 1.63. The number of aryl methyl sites for hydroxylation is 1. The molecule has 1 aromatic carbocycles. The fraction of sp³-hybridized carbons (Fsp3) is 0.500. The topological polar surface area (TPSA) is 96.3 Å². The molecule has 1 aliphatic carbocycles. The molecular weight excluding hydrogens is 406 g/mol. The van der Waals surface area contributed by atoms with E-state index in [0.717, 1.165) is 32.1 Å². The fourth-order valence-corrected chi connectivity index (χ4v) is 4.44. The number of benzene rings is 1. The quantitative estimate of drug-likeness (QED) is 0.752. The Morgan fingerprint density at radius 1 is 1.16 bits per heavy atom. The number of carbonyl (C=O) groups excluding carboxylic acids is 3. The van der Waals surface area contributed by atoms with Crippen molar-refractivity contribution >= 4 is 23.4 Å². The number of nitrogens with one attached hydrogen (secondary N) is 2. The summed E-state index contributed by atoms with van der Waals surface area (Å²) in [5.74, 6) is -0.889. The van der Waals surface area contributed by atoms with Gasteiger partial charge in [0.2, 0.25) is 5.91 Å². The Labute approximate surface area is 188 Å². The van der Waals surface area contributed by atoms with Gasteiger partial charge in [-0.2, -0.15) is 5.10 Å². The van der Waals surface area contributed by atoms with E-state index < -0.39 is 5.54 Å². The lowest BCUT2D eigenvalue weighted by Crippen LogP contribution is -2.63. The zero-order chi connectivity index (χ0) is 22.9. The van der Waals surface area contributed by atoms with Gasteiger partial charge in [-0.3, -0.25) is 19.1 Å². The third-order valence-corrected chi connectivity index (χ3v) is 6.78. The molecule has 1 fully saturated rings. The maximum absolute atomic E-state index is 13.2. The Morgan fingerprint density at radius 3 is 2.50 bits per heavy atom. The summed E-state index contributed by atoms with van der Waals surface area (Å²) >= 11 is 0. The molecule has 8 nitrogen and oxygen atoms in total. The van der Waals surface area contributed by atoms with Crippen molar-refractivity contribution in [1.29, 1.82) is 0 Å². The van der Waals surface area contributed by atoms with Crippen molar-refractivity contribution < 1.29 is 14.4 Å². The molecule has 3 amide bonds. The Morgan fingerprint density at radius 2 is 1.84 bits per heavy atom. The molecule has 4 rings (SSSR count). The van der Waals surface area contributed by atoms with E-state index in [1.807, 2.05) is 24.3 Å². The molecule has 0 unspecified atom stereocenters. The molecule has 2 aromatic rings. The van der Waals surface area contributed by atoms with Crippen LogP contribution in [0.25, 0.3) is 0 Å². The smallest absolute Gasteiger partial charge is 0.276 e. The van der Waals surface area contributed by atoms with Crippen LogP contribution in [-0.2, 0) is 17.8 Å². The van der Waals surface area contributed by atoms with Gasteiger partial charge in [0, 0.05) is 24.8 Å². The van der Waals surface area contributed by atoms with Crippen LogP contribution in [0.5, 0.6) is 0 Å². The molecule has 1 aromatic heterocycles. The average molecular weight is 438 g/mol. The summed E-state index contributed by atoms with van der Waals surface area (Å²) in [5.41, 5.74) is 1.23. The molecule has 2 N–H and O–H groups in total. The van der Waals surface area contributed by atoms with Crippen LogP contribution >= 0.6 is 0 Å². The lowest BCUT2D eigenvalue weighted by Gasteiger charge is -2.41. The largest absolute Gasteiger partial charge is 0.351 e. The Bertz CT molecular complexity index is 1020. The third-order valence-electron chi connectivity index (χ3n) is 6.78. The van der Waals surface area contributed by atoms with Gasteiger partial charge in [0.25, 0.3) is 11.8 Å². The van der Waals surface area contributed by atoms with Crippen molar-refractivity contribution in [3.8, 4) is 0 Å². The normalized spacial score (nSPS) is 21.2. The molecular formula is C24H31N5O3. The van der Waals surface area contributed by atoms with Crippen LogP contribution in [0, 0.1) is 0 Å². The monoisotopic (exact) mass is 437 g/mol. The number of hydrogen-bond donors (Lipinski definition) is 2. The van der Waals surface area contributed by atoms with Crippen molar-refractivity contribution in [2.24, 2.45) is 0 Å². The molecule has 1 saturated carbocycles. The Balaban J connectivity index is 1.51. The number of likely N-dealkylation sites (N-methyl/N-ethyl adjacent to an activating group) is 1. The van der Waals surface area contributed by atoms with E-state index in [1.165, 1.54) is 27.6 Å². The summed E-state index contributed by atoms with van der Waals surface area (Å²) in [6.07, 6.45) is 6.28. The second-order valence-electron chi connectivity index (χ2n) is 9.02. The highest BCUT2D eigenvalue weighted by Crippen LogP contribution is 2.27. The van der Waals surface area contributed by atoms with E-state index in [0.29, 0.717) is 11.4 Å². The molecule has 8 heteroatoms. The number of fused-ring (bicyclic) bond motifs is 1. The molecule has 0 saturated heterocycles. The molecule has 2 heterocycles. The highest BCUT2D eigenvalue weighted by Gasteiger charge is 2.46. The first kappa shape index (κ1) is 22.0. The average Bonchev–Trinajstić information content (AvgIpc) is 3.23. The standard InChI is InChI=1S/C24H31N5O3/c1-4-16-10-12-18(13-11-16)25-21(30)19-14-20-22(31)28(3)24(2,15-29(20)27-19)23(32)26-17-8-6-5-7-9-17/h10-14,17H,4-9,15H2,1-3H3,(H,25,30)(H,26,32)/t24-/m0/s1. The first-order chi connectivity index (χ1) is 15.3. The third kappa shape index (κ3) is 4.13. The van der Waals surface area contributed by atoms with Crippen molar-refractivity contribution in [3.63, 3.8) is 0 Å². The summed E-state index contributed by atoms with van der Waals surface area (Å²) in [6.45, 7) is 4.02. The first-order valence-corrected chi connectivity index (χ1v) is 11.4. The number of carbonyl (C=O) groups is 3. The van der Waals surface area contributed by atoms with Crippen molar-refractivity contribution in [1.82, 2.24) is 20.0 Å². The number of hydrogen-bond acceptors (Lipinski definition) is 4. The van der Waals surface area contributed by atoms with Gasteiger partial charge >= 0.3 is 0 Å². The number of nitrogens with zero attached hydrogens (tertiary/aromatic N) is 3. The van der Waals surface area contributed by atoms with Crippen LogP contribution < -0.4 is 10.6 Å². The maximum Gasteiger partial charge on any atom is 0.276 e. The van der Waals surface area contributed by atoms with Crippen molar-refractivity contribution in [2.45, 2.75) is 70.5 Å². The molecule has 1 atom stereocenters. The molecule has 0 spiro atoms. The minimum atomic E-state index is -1.07. The van der Waals surface area contributed by atoms with Gasteiger partial charge in [-0.1, -0.05) is 38.3 Å². The van der Waals surface area contributed by atoms with Gasteiger partial charge in [0.15, 0.2) is 5.69 Å². The Hall–Kier alpha value is -3.16. The zero-order valence-corrected chi connectivity index (χ0v) is 19.0. The molecule has 2 aliphatic rings. The van der Waals surface area contributed by atoms with Gasteiger partial charge < -0.3 is 15.5 Å². The highest BCUT2D eigenvalue weighted by atomic mass is 16.2. The number of rotatable bonds is 5. The van der Waals surface area contributed by atoms with E-state index in [-0.39, 0.29) is 36.0 Å². The maximum atomic E-state index is 13.2. The Kier molecular flexibility index (Phi) is 6.04. The second kappa shape index (κ2) is 8.76. The summed E-state index contributed by atoms with van der Waals surface area (Å²) < 4.78 is 1.48. The van der Waals surface area contributed by atoms with Crippen LogP contribution in [-0.4, -0.2) is 51.0 Å². The lowest BCUT2D eigenvalue weighted by atomic mass is 9.92. The number of anilines is 1. The summed E-state index contributed by atoms with van der Waals surface area (Å²) in [4.78, 5) is 40.4. The van der Waals surface area contributed by atoms with Crippen LogP contribution in [0.3, 0.4) is 0 Å². The predicted octanol–water partition coefficient (Wildman–Crippen LogP) is 2.99. The first-order valence-electron chi connectivity index (χ1n) is 11.4. The minimum absolute atomic E-state index is 0.149. The van der Waals surface area contributed by atoms with Gasteiger partial charge in [0.1, 0.15) is 11.2 Å². The van der Waals surface area contributed by atoms with E-state index in [4.69, 9.17) is 0 Å². The van der Waals surface area contributed by atoms with Crippen molar-refractivity contribution in [3.05, 3.63) is 47.3 Å². The molecule has 0 bridgehead atoms. The van der Waals surface area contributed by atoms with Gasteiger partial charge in [-0.25, -0.2) is 0 Å². The number of amides is 3. The van der Waals surface area contributed by atoms with E-state index >= 15 is 0 Å². The molecule has 32 heavy (non-hydrogen) atoms. The second-order valence-corrected chi connectivity index (χ2v) is 9.02. The minimum Gasteiger partial charge on any atom is -0.351 e. The van der Waals surface area contributed by atoms with Gasteiger partial charge in [0.05, 0.1) is 6.54 Å². The number of aromatic nitrogens is 2. The van der Waals surface area contributed by atoms with Gasteiger partial charge in [-0.05, 0) is 43.9 Å². The van der Waals surface area contributed by atoms with Gasteiger partial charge in [-0.15, -0.1) is 0 Å². The lowest BCUT2D eigenvalue weighted by molar-refractivity contribution is -0.133. The molecule has 0 radical (unpaired) electrons. The molecule has 1 aliphatic heterocycles. The summed E-state index contributed by atoms with van der Waals surface area (Å²) in [6, 6.07) is 9.26. The summed E-state index contributed by atoms with van der Waals surface area (Å²) in [5, 5.41) is 10.3. The fourth-order valence-electron chi connectivity index (χ4n) is 4.44. The van der Waals surface area contributed by atoms with Crippen LogP contribution in [0.4, 0.5) is 5.69 Å². The van der Waals surface area contributed by atoms with E-state index in [1.54, 1.807) is 14.0 Å². The van der Waals surface area contributed by atoms with E-state index in [9.17, 15) is 14.4 Å². The van der Waals surface area contributed by atoms with Crippen LogP contribution in [0.15, 0.2) is 30.3 Å². The molecule has 170 valence electrons.